The molecule has 0 aliphatic carbocycles. The van der Waals surface area contributed by atoms with E-state index in [9.17, 15) is 8.42 Å². The Kier molecular flexibility index (Phi) is 5.93. The van der Waals surface area contributed by atoms with Crippen LogP contribution in [0.1, 0.15) is 31.7 Å². The SMILES string of the molecule is CCc1nn(CC)c(CC(CBr)C2CCS(=O)(=O)C2)c1Br. The minimum Gasteiger partial charge on any atom is -0.268 e. The standard InChI is InChI=1S/C14H22Br2N2O2S/c1-3-12-14(16)13(18(4-2)17-12)7-11(8-15)10-5-6-21(19,20)9-10/h10-11H,3-9H2,1-2H3. The molecule has 1 saturated heterocycles. The molecule has 1 aromatic heterocycles. The summed E-state index contributed by atoms with van der Waals surface area (Å²) in [6.07, 6.45) is 2.56. The number of rotatable bonds is 6. The van der Waals surface area contributed by atoms with Crippen LogP contribution in [0.15, 0.2) is 4.47 Å². The molecule has 2 unspecified atom stereocenters. The molecule has 1 aliphatic rings. The maximum absolute atomic E-state index is 11.7. The Morgan fingerprint density at radius 3 is 2.62 bits per heavy atom. The fourth-order valence-corrected chi connectivity index (χ4v) is 6.41. The van der Waals surface area contributed by atoms with E-state index >= 15 is 0 Å². The summed E-state index contributed by atoms with van der Waals surface area (Å²) in [4.78, 5) is 0. The van der Waals surface area contributed by atoms with E-state index in [0.717, 1.165) is 41.3 Å². The van der Waals surface area contributed by atoms with Crippen LogP contribution in [-0.2, 0) is 29.2 Å². The Morgan fingerprint density at radius 1 is 1.43 bits per heavy atom. The van der Waals surface area contributed by atoms with Gasteiger partial charge in [-0.05, 0) is 54.0 Å². The zero-order valence-electron chi connectivity index (χ0n) is 12.5. The first-order valence-electron chi connectivity index (χ1n) is 7.42. The van der Waals surface area contributed by atoms with E-state index in [4.69, 9.17) is 0 Å². The Labute approximate surface area is 143 Å². The minimum absolute atomic E-state index is 0.256. The van der Waals surface area contributed by atoms with Gasteiger partial charge in [0.25, 0.3) is 0 Å². The van der Waals surface area contributed by atoms with E-state index in [-0.39, 0.29) is 5.92 Å². The normalized spacial score (nSPS) is 22.6. The highest BCUT2D eigenvalue weighted by Crippen LogP contribution is 2.32. The first kappa shape index (κ1) is 17.5. The number of nitrogens with zero attached hydrogens (tertiary/aromatic N) is 2. The van der Waals surface area contributed by atoms with Gasteiger partial charge in [-0.2, -0.15) is 5.10 Å². The lowest BCUT2D eigenvalue weighted by atomic mass is 9.89. The second kappa shape index (κ2) is 7.13. The number of hydrogen-bond donors (Lipinski definition) is 0. The van der Waals surface area contributed by atoms with Crippen LogP contribution < -0.4 is 0 Å². The van der Waals surface area contributed by atoms with E-state index < -0.39 is 9.84 Å². The number of aromatic nitrogens is 2. The van der Waals surface area contributed by atoms with Crippen LogP contribution in [0.3, 0.4) is 0 Å². The van der Waals surface area contributed by atoms with Crippen molar-refractivity contribution in [1.82, 2.24) is 9.78 Å². The zero-order chi connectivity index (χ0) is 15.6. The highest BCUT2D eigenvalue weighted by Gasteiger charge is 2.34. The van der Waals surface area contributed by atoms with Crippen LogP contribution in [0.4, 0.5) is 0 Å². The molecule has 0 amide bonds. The molecule has 120 valence electrons. The van der Waals surface area contributed by atoms with Gasteiger partial charge in [-0.3, -0.25) is 4.68 Å². The van der Waals surface area contributed by atoms with Crippen molar-refractivity contribution in [3.05, 3.63) is 15.9 Å². The van der Waals surface area contributed by atoms with Crippen LogP contribution >= 0.6 is 31.9 Å². The molecule has 0 bridgehead atoms. The van der Waals surface area contributed by atoms with Gasteiger partial charge >= 0.3 is 0 Å². The van der Waals surface area contributed by atoms with Gasteiger partial charge in [-0.15, -0.1) is 0 Å². The number of alkyl halides is 1. The molecular weight excluding hydrogens is 420 g/mol. The van der Waals surface area contributed by atoms with Crippen LogP contribution in [0.2, 0.25) is 0 Å². The lowest BCUT2D eigenvalue weighted by Crippen LogP contribution is -2.22. The molecule has 0 saturated carbocycles. The molecule has 1 fully saturated rings. The third-order valence-corrected chi connectivity index (χ3v) is 7.82. The molecular formula is C14H22Br2N2O2S. The summed E-state index contributed by atoms with van der Waals surface area (Å²) in [6, 6.07) is 0. The molecule has 0 radical (unpaired) electrons. The summed E-state index contributed by atoms with van der Waals surface area (Å²) in [7, 11) is -2.82. The molecule has 0 aromatic carbocycles. The molecule has 0 N–H and O–H groups in total. The molecule has 2 atom stereocenters. The van der Waals surface area contributed by atoms with Gasteiger partial charge < -0.3 is 0 Å². The van der Waals surface area contributed by atoms with Gasteiger partial charge in [0.2, 0.25) is 0 Å². The van der Waals surface area contributed by atoms with Gasteiger partial charge in [-0.1, -0.05) is 22.9 Å². The summed E-state index contributed by atoms with van der Waals surface area (Å²) < 4.78 is 26.6. The van der Waals surface area contributed by atoms with Crippen molar-refractivity contribution in [3.8, 4) is 0 Å². The average Bonchev–Trinajstić information content (AvgIpc) is 2.96. The van der Waals surface area contributed by atoms with Crippen molar-refractivity contribution >= 4 is 41.7 Å². The molecule has 2 rings (SSSR count). The first-order chi connectivity index (χ1) is 9.91. The monoisotopic (exact) mass is 440 g/mol. The Morgan fingerprint density at radius 2 is 2.14 bits per heavy atom. The van der Waals surface area contributed by atoms with Crippen molar-refractivity contribution in [1.29, 1.82) is 0 Å². The van der Waals surface area contributed by atoms with E-state index in [2.05, 4.69) is 50.8 Å². The lowest BCUT2D eigenvalue weighted by molar-refractivity contribution is 0.390. The average molecular weight is 442 g/mol. The predicted molar refractivity (Wildman–Crippen MR) is 92.7 cm³/mol. The smallest absolute Gasteiger partial charge is 0.150 e. The summed E-state index contributed by atoms with van der Waals surface area (Å²) in [5.41, 5.74) is 2.28. The van der Waals surface area contributed by atoms with E-state index in [1.807, 2.05) is 4.68 Å². The van der Waals surface area contributed by atoms with Gasteiger partial charge in [0.15, 0.2) is 9.84 Å². The van der Waals surface area contributed by atoms with Gasteiger partial charge in [0, 0.05) is 11.9 Å². The lowest BCUT2D eigenvalue weighted by Gasteiger charge is -2.20. The van der Waals surface area contributed by atoms with Gasteiger partial charge in [0.1, 0.15) is 0 Å². The number of hydrogen-bond acceptors (Lipinski definition) is 3. The highest BCUT2D eigenvalue weighted by atomic mass is 79.9. The van der Waals surface area contributed by atoms with E-state index in [0.29, 0.717) is 17.4 Å². The number of aryl methyl sites for hydroxylation is 2. The van der Waals surface area contributed by atoms with Crippen molar-refractivity contribution < 1.29 is 8.42 Å². The Balaban J connectivity index is 2.21. The predicted octanol–water partition coefficient (Wildman–Crippen LogP) is 3.22. The maximum Gasteiger partial charge on any atom is 0.150 e. The number of sulfone groups is 1. The van der Waals surface area contributed by atoms with Gasteiger partial charge in [0.05, 0.1) is 27.4 Å². The summed E-state index contributed by atoms with van der Waals surface area (Å²) in [6.45, 7) is 5.03. The quantitative estimate of drug-likeness (QED) is 0.636. The third-order valence-electron chi connectivity index (χ3n) is 4.28. The zero-order valence-corrected chi connectivity index (χ0v) is 16.5. The molecule has 1 aromatic rings. The molecule has 4 nitrogen and oxygen atoms in total. The Hall–Kier alpha value is 0.120. The second-order valence-electron chi connectivity index (χ2n) is 5.66. The third kappa shape index (κ3) is 3.91. The van der Waals surface area contributed by atoms with Crippen LogP contribution in [0.25, 0.3) is 0 Å². The fraction of sp³-hybridized carbons (Fsp3) is 0.786. The van der Waals surface area contributed by atoms with E-state index in [1.165, 1.54) is 5.69 Å². The molecule has 2 heterocycles. The highest BCUT2D eigenvalue weighted by molar-refractivity contribution is 9.10. The topological polar surface area (TPSA) is 52.0 Å². The van der Waals surface area contributed by atoms with Crippen molar-refractivity contribution in [2.75, 3.05) is 16.8 Å². The second-order valence-corrected chi connectivity index (χ2v) is 9.33. The van der Waals surface area contributed by atoms with Crippen molar-refractivity contribution in [2.24, 2.45) is 11.8 Å². The van der Waals surface area contributed by atoms with Gasteiger partial charge in [-0.25, -0.2) is 8.42 Å². The molecule has 0 spiro atoms. The van der Waals surface area contributed by atoms with Crippen molar-refractivity contribution in [2.45, 2.75) is 39.7 Å². The number of halogens is 2. The van der Waals surface area contributed by atoms with Crippen molar-refractivity contribution in [3.63, 3.8) is 0 Å². The maximum atomic E-state index is 11.7. The first-order valence-corrected chi connectivity index (χ1v) is 11.2. The van der Waals surface area contributed by atoms with Crippen LogP contribution in [-0.4, -0.2) is 35.0 Å². The minimum atomic E-state index is -2.82. The molecule has 7 heteroatoms. The summed E-state index contributed by atoms with van der Waals surface area (Å²) >= 11 is 7.25. The Bertz CT molecular complexity index is 598. The van der Waals surface area contributed by atoms with Crippen LogP contribution in [0, 0.1) is 11.8 Å². The summed E-state index contributed by atoms with van der Waals surface area (Å²) in [5, 5.41) is 5.45. The fourth-order valence-electron chi connectivity index (χ4n) is 3.00. The largest absolute Gasteiger partial charge is 0.268 e. The molecule has 1 aliphatic heterocycles. The summed E-state index contributed by atoms with van der Waals surface area (Å²) in [5.74, 6) is 1.27. The van der Waals surface area contributed by atoms with Crippen LogP contribution in [0.5, 0.6) is 0 Å². The van der Waals surface area contributed by atoms with E-state index in [1.54, 1.807) is 0 Å². The molecule has 21 heavy (non-hydrogen) atoms.